The first-order chi connectivity index (χ1) is 10.9. The summed E-state index contributed by atoms with van der Waals surface area (Å²) >= 11 is 3.38. The van der Waals surface area contributed by atoms with Crippen LogP contribution in [0.4, 0.5) is 0 Å². The summed E-state index contributed by atoms with van der Waals surface area (Å²) in [5.74, 6) is 0.395. The zero-order valence-electron chi connectivity index (χ0n) is 13.4. The van der Waals surface area contributed by atoms with Crippen LogP contribution in [0.5, 0.6) is 5.75 Å². The summed E-state index contributed by atoms with van der Waals surface area (Å²) in [7, 11) is 0. The molecule has 120 valence electrons. The largest absolute Gasteiger partial charge is 0.484 e. The van der Waals surface area contributed by atoms with Crippen LogP contribution in [-0.4, -0.2) is 18.2 Å². The van der Waals surface area contributed by atoms with Crippen molar-refractivity contribution in [3.8, 4) is 5.75 Å². The molecule has 0 aromatic heterocycles. The van der Waals surface area contributed by atoms with E-state index in [0.717, 1.165) is 26.9 Å². The highest BCUT2D eigenvalue weighted by molar-refractivity contribution is 9.10. The minimum Gasteiger partial charge on any atom is -0.484 e. The number of hydrogen-bond donors (Lipinski definition) is 1. The second-order valence-corrected chi connectivity index (χ2v) is 6.27. The van der Waals surface area contributed by atoms with Gasteiger partial charge in [0.25, 0.3) is 5.91 Å². The molecule has 0 bridgehead atoms. The molecular formula is C18H19BrN2O2. The van der Waals surface area contributed by atoms with Gasteiger partial charge in [0.15, 0.2) is 6.61 Å². The molecule has 0 heterocycles. The van der Waals surface area contributed by atoms with E-state index in [1.165, 1.54) is 0 Å². The van der Waals surface area contributed by atoms with Crippen molar-refractivity contribution in [1.82, 2.24) is 5.43 Å². The lowest BCUT2D eigenvalue weighted by atomic mass is 10.1. The Labute approximate surface area is 144 Å². The maximum absolute atomic E-state index is 11.8. The number of benzene rings is 2. The van der Waals surface area contributed by atoms with Gasteiger partial charge in [-0.15, -0.1) is 0 Å². The molecule has 2 aromatic carbocycles. The molecule has 1 N–H and O–H groups in total. The van der Waals surface area contributed by atoms with Gasteiger partial charge in [0.05, 0.1) is 5.71 Å². The Bertz CT molecular complexity index is 704. The van der Waals surface area contributed by atoms with Crippen molar-refractivity contribution >= 4 is 27.5 Å². The number of carbonyl (C=O) groups excluding carboxylic acids is 1. The normalized spacial score (nSPS) is 11.2. The number of halogens is 1. The minimum atomic E-state index is -0.291. The maximum Gasteiger partial charge on any atom is 0.277 e. The second-order valence-electron chi connectivity index (χ2n) is 5.35. The molecule has 0 spiro atoms. The van der Waals surface area contributed by atoms with Crippen molar-refractivity contribution in [2.45, 2.75) is 20.8 Å². The summed E-state index contributed by atoms with van der Waals surface area (Å²) in [6.07, 6.45) is 0. The van der Waals surface area contributed by atoms with Gasteiger partial charge in [0.1, 0.15) is 5.75 Å². The molecule has 0 aliphatic heterocycles. The van der Waals surface area contributed by atoms with Crippen molar-refractivity contribution in [1.29, 1.82) is 0 Å². The van der Waals surface area contributed by atoms with E-state index in [1.807, 2.05) is 57.2 Å². The Kier molecular flexibility index (Phi) is 5.93. The van der Waals surface area contributed by atoms with Crippen LogP contribution in [-0.2, 0) is 4.79 Å². The zero-order chi connectivity index (χ0) is 16.8. The average Bonchev–Trinajstić information content (AvgIpc) is 2.50. The number of ether oxygens (including phenoxy) is 1. The summed E-state index contributed by atoms with van der Waals surface area (Å²) in [5, 5.41) is 4.09. The van der Waals surface area contributed by atoms with Gasteiger partial charge in [0.2, 0.25) is 0 Å². The molecule has 0 aliphatic carbocycles. The Hall–Kier alpha value is -2.14. The van der Waals surface area contributed by atoms with Crippen LogP contribution >= 0.6 is 15.9 Å². The van der Waals surface area contributed by atoms with Crippen molar-refractivity contribution in [3.63, 3.8) is 0 Å². The molecule has 0 atom stereocenters. The van der Waals surface area contributed by atoms with E-state index < -0.39 is 0 Å². The number of carbonyl (C=O) groups is 1. The third kappa shape index (κ3) is 5.53. The molecule has 23 heavy (non-hydrogen) atoms. The predicted octanol–water partition coefficient (Wildman–Crippen LogP) is 3.99. The van der Waals surface area contributed by atoms with Gasteiger partial charge in [-0.3, -0.25) is 4.79 Å². The fourth-order valence-corrected chi connectivity index (χ4v) is 2.36. The highest BCUT2D eigenvalue weighted by atomic mass is 79.9. The van der Waals surface area contributed by atoms with Gasteiger partial charge in [0, 0.05) is 4.47 Å². The average molecular weight is 375 g/mol. The summed E-state index contributed by atoms with van der Waals surface area (Å²) < 4.78 is 6.50. The fourth-order valence-electron chi connectivity index (χ4n) is 2.10. The minimum absolute atomic E-state index is 0.0694. The Morgan fingerprint density at radius 1 is 1.13 bits per heavy atom. The van der Waals surface area contributed by atoms with E-state index in [-0.39, 0.29) is 12.5 Å². The van der Waals surface area contributed by atoms with Crippen molar-refractivity contribution in [2.75, 3.05) is 6.61 Å². The molecular weight excluding hydrogens is 356 g/mol. The topological polar surface area (TPSA) is 50.7 Å². The van der Waals surface area contributed by atoms with Crippen LogP contribution in [0.25, 0.3) is 0 Å². The monoisotopic (exact) mass is 374 g/mol. The molecule has 5 heteroatoms. The van der Waals surface area contributed by atoms with Crippen LogP contribution in [0.1, 0.15) is 23.6 Å². The smallest absolute Gasteiger partial charge is 0.277 e. The van der Waals surface area contributed by atoms with Crippen LogP contribution in [0.15, 0.2) is 52.0 Å². The molecule has 2 aromatic rings. The number of aryl methyl sites for hydroxylation is 2. The van der Waals surface area contributed by atoms with E-state index in [9.17, 15) is 4.79 Å². The Balaban J connectivity index is 1.89. The zero-order valence-corrected chi connectivity index (χ0v) is 15.0. The van der Waals surface area contributed by atoms with E-state index in [1.54, 1.807) is 0 Å². The number of hydrazone groups is 1. The van der Waals surface area contributed by atoms with Crippen molar-refractivity contribution in [3.05, 3.63) is 63.6 Å². The maximum atomic E-state index is 11.8. The van der Waals surface area contributed by atoms with Crippen LogP contribution in [0, 0.1) is 13.8 Å². The lowest BCUT2D eigenvalue weighted by molar-refractivity contribution is -0.123. The summed E-state index contributed by atoms with van der Waals surface area (Å²) in [5.41, 5.74) is 6.39. The summed E-state index contributed by atoms with van der Waals surface area (Å²) in [6.45, 7) is 5.76. The first kappa shape index (κ1) is 17.2. The number of amides is 1. The Morgan fingerprint density at radius 3 is 2.35 bits per heavy atom. The van der Waals surface area contributed by atoms with Gasteiger partial charge >= 0.3 is 0 Å². The summed E-state index contributed by atoms with van der Waals surface area (Å²) in [6, 6.07) is 13.6. The van der Waals surface area contributed by atoms with E-state index in [4.69, 9.17) is 4.74 Å². The second kappa shape index (κ2) is 7.92. The molecule has 0 unspecified atom stereocenters. The quantitative estimate of drug-likeness (QED) is 0.635. The molecule has 0 radical (unpaired) electrons. The number of nitrogens with zero attached hydrogens (tertiary/aromatic N) is 1. The molecule has 0 saturated carbocycles. The number of rotatable bonds is 5. The van der Waals surface area contributed by atoms with Crippen LogP contribution in [0.2, 0.25) is 0 Å². The molecule has 1 amide bonds. The number of hydrogen-bond acceptors (Lipinski definition) is 3. The van der Waals surface area contributed by atoms with Crippen molar-refractivity contribution < 1.29 is 9.53 Å². The van der Waals surface area contributed by atoms with Gasteiger partial charge in [-0.05, 0) is 61.7 Å². The molecule has 0 saturated heterocycles. The molecule has 4 nitrogen and oxygen atoms in total. The highest BCUT2D eigenvalue weighted by Crippen LogP contribution is 2.16. The van der Waals surface area contributed by atoms with Crippen LogP contribution < -0.4 is 10.2 Å². The Morgan fingerprint density at radius 2 is 1.74 bits per heavy atom. The number of nitrogens with one attached hydrogen (secondary N) is 1. The lowest BCUT2D eigenvalue weighted by Crippen LogP contribution is -2.25. The fraction of sp³-hybridized carbons (Fsp3) is 0.222. The summed E-state index contributed by atoms with van der Waals surface area (Å²) in [4.78, 5) is 11.8. The highest BCUT2D eigenvalue weighted by Gasteiger charge is 2.04. The SMILES string of the molecule is CC(=NNC(=O)COc1cc(C)cc(C)c1)c1ccc(Br)cc1. The standard InChI is InChI=1S/C18H19BrN2O2/c1-12-8-13(2)10-17(9-12)23-11-18(22)21-20-14(3)15-4-6-16(19)7-5-15/h4-10H,11H2,1-3H3,(H,21,22). The van der Waals surface area contributed by atoms with E-state index in [2.05, 4.69) is 32.5 Å². The van der Waals surface area contributed by atoms with Gasteiger partial charge in [-0.25, -0.2) is 5.43 Å². The molecule has 0 fully saturated rings. The first-order valence-electron chi connectivity index (χ1n) is 7.24. The lowest BCUT2D eigenvalue weighted by Gasteiger charge is -2.08. The van der Waals surface area contributed by atoms with Gasteiger partial charge in [-0.2, -0.15) is 5.10 Å². The van der Waals surface area contributed by atoms with Crippen molar-refractivity contribution in [2.24, 2.45) is 5.10 Å². The molecule has 2 rings (SSSR count). The van der Waals surface area contributed by atoms with E-state index in [0.29, 0.717) is 5.75 Å². The molecule has 0 aliphatic rings. The van der Waals surface area contributed by atoms with Crippen LogP contribution in [0.3, 0.4) is 0 Å². The first-order valence-corrected chi connectivity index (χ1v) is 8.03. The third-order valence-electron chi connectivity index (χ3n) is 3.18. The third-order valence-corrected chi connectivity index (χ3v) is 3.70. The predicted molar refractivity (Wildman–Crippen MR) is 95.9 cm³/mol. The van der Waals surface area contributed by atoms with Gasteiger partial charge in [-0.1, -0.05) is 34.1 Å². The van der Waals surface area contributed by atoms with Gasteiger partial charge < -0.3 is 4.74 Å². The van der Waals surface area contributed by atoms with E-state index >= 15 is 0 Å².